The third-order valence-electron chi connectivity index (χ3n) is 6.34. The van der Waals surface area contributed by atoms with Crippen LogP contribution in [0.1, 0.15) is 38.7 Å². The lowest BCUT2D eigenvalue weighted by Crippen LogP contribution is -2.28. The minimum Gasteiger partial charge on any atom is -0.372 e. The Bertz CT molecular complexity index is 1400. The van der Waals surface area contributed by atoms with Crippen LogP contribution in [-0.4, -0.2) is 68.7 Å². The van der Waals surface area contributed by atoms with Gasteiger partial charge in [0.05, 0.1) is 4.91 Å². The molecule has 1 aromatic rings. The van der Waals surface area contributed by atoms with Gasteiger partial charge < -0.3 is 4.90 Å². The van der Waals surface area contributed by atoms with Crippen LogP contribution in [0.15, 0.2) is 76.8 Å². The molecule has 10 heteroatoms. The minimum atomic E-state index is -4.71. The Balaban J connectivity index is 2.23. The second kappa shape index (κ2) is 11.7. The van der Waals surface area contributed by atoms with Crippen LogP contribution in [0.3, 0.4) is 0 Å². The fraction of sp³-hybridized carbons (Fsp3) is 0.370. The normalized spacial score (nSPS) is 17.9. The zero-order valence-electron chi connectivity index (χ0n) is 21.6. The molecule has 0 aromatic heterocycles. The van der Waals surface area contributed by atoms with E-state index in [4.69, 9.17) is 0 Å². The van der Waals surface area contributed by atoms with Crippen LogP contribution in [0.5, 0.6) is 0 Å². The van der Waals surface area contributed by atoms with Crippen molar-refractivity contribution in [1.82, 2.24) is 0 Å². The zero-order chi connectivity index (χ0) is 27.4. The summed E-state index contributed by atoms with van der Waals surface area (Å²) in [5.74, 6) is 0. The minimum absolute atomic E-state index is 0.249. The Hall–Kier alpha value is -2.79. The first-order chi connectivity index (χ1) is 17.4. The molecule has 2 aliphatic carbocycles. The molecule has 1 atom stereocenters. The van der Waals surface area contributed by atoms with Gasteiger partial charge in [-0.3, -0.25) is 9.11 Å². The third-order valence-corrected chi connectivity index (χ3v) is 8.45. The Morgan fingerprint density at radius 1 is 0.919 bits per heavy atom. The van der Waals surface area contributed by atoms with Crippen LogP contribution in [-0.2, 0) is 20.2 Å². The van der Waals surface area contributed by atoms with E-state index < -0.39 is 36.8 Å². The molecular weight excluding hydrogens is 512 g/mol. The highest BCUT2D eigenvalue weighted by Crippen LogP contribution is 2.39. The second-order valence-electron chi connectivity index (χ2n) is 9.29. The molecule has 0 amide bonds. The van der Waals surface area contributed by atoms with Crippen molar-refractivity contribution in [2.75, 3.05) is 32.1 Å². The number of allylic oxidation sites excluding steroid dienone is 9. The smallest absolute Gasteiger partial charge is 0.290 e. The number of hydrogen-bond donors (Lipinski definition) is 2. The van der Waals surface area contributed by atoms with Crippen LogP contribution < -0.4 is 4.90 Å². The lowest BCUT2D eigenvalue weighted by atomic mass is 9.86. The van der Waals surface area contributed by atoms with Crippen LogP contribution in [0, 0.1) is 0 Å². The Morgan fingerprint density at radius 2 is 1.49 bits per heavy atom. The van der Waals surface area contributed by atoms with Crippen LogP contribution in [0.25, 0.3) is 5.57 Å². The van der Waals surface area contributed by atoms with E-state index in [-0.39, 0.29) is 5.57 Å². The summed E-state index contributed by atoms with van der Waals surface area (Å²) in [4.78, 5) is 1.82. The average Bonchev–Trinajstić information content (AvgIpc) is 2.84. The maximum absolute atomic E-state index is 12.5. The largest absolute Gasteiger partial charge is 0.372 e. The van der Waals surface area contributed by atoms with Crippen molar-refractivity contribution in [2.45, 2.75) is 38.4 Å². The molecule has 0 saturated carbocycles. The molecule has 0 radical (unpaired) electrons. The lowest BCUT2D eigenvalue weighted by Gasteiger charge is -2.27. The SMILES string of the molecule is CCCN(CCC)c1ccc(C(C2=CC=C(S(=O)(=O)O)CC2S(=O)(=O)O)=C2C=CC(=[N+](C)C)C=C2)cc1. The Kier molecular flexibility index (Phi) is 9.12. The van der Waals surface area contributed by atoms with E-state index in [1.54, 1.807) is 0 Å². The van der Waals surface area contributed by atoms with Crippen molar-refractivity contribution >= 4 is 37.2 Å². The van der Waals surface area contributed by atoms with Gasteiger partial charge in [-0.15, -0.1) is 0 Å². The number of anilines is 1. The van der Waals surface area contributed by atoms with Crippen molar-refractivity contribution < 1.29 is 30.5 Å². The second-order valence-corrected chi connectivity index (χ2v) is 12.4. The van der Waals surface area contributed by atoms with Gasteiger partial charge in [-0.05, 0) is 65.5 Å². The van der Waals surface area contributed by atoms with E-state index in [1.807, 2.05) is 67.2 Å². The fourth-order valence-corrected chi connectivity index (χ4v) is 6.16. The highest BCUT2D eigenvalue weighted by Gasteiger charge is 2.36. The lowest BCUT2D eigenvalue weighted by molar-refractivity contribution is -0.462. The summed E-state index contributed by atoms with van der Waals surface area (Å²) >= 11 is 0. The van der Waals surface area contributed by atoms with Crippen molar-refractivity contribution in [2.24, 2.45) is 0 Å². The quantitative estimate of drug-likeness (QED) is 0.351. The molecule has 0 spiro atoms. The molecule has 8 nitrogen and oxygen atoms in total. The van der Waals surface area contributed by atoms with E-state index in [0.29, 0.717) is 11.1 Å². The van der Waals surface area contributed by atoms with Crippen molar-refractivity contribution in [1.29, 1.82) is 0 Å². The van der Waals surface area contributed by atoms with Gasteiger partial charge in [-0.2, -0.15) is 16.8 Å². The molecule has 200 valence electrons. The molecule has 2 N–H and O–H groups in total. The first kappa shape index (κ1) is 28.8. The number of benzene rings is 1. The number of nitrogens with zero attached hydrogens (tertiary/aromatic N) is 2. The maximum Gasteiger partial charge on any atom is 0.290 e. The molecule has 0 heterocycles. The van der Waals surface area contributed by atoms with Gasteiger partial charge >= 0.3 is 0 Å². The van der Waals surface area contributed by atoms with Gasteiger partial charge in [0.1, 0.15) is 19.3 Å². The standard InChI is InChI=1S/C27H34N2O6S2/c1-5-17-29(18-6-2)23-13-9-21(10-14-23)27(20-7-11-22(12-8-20)28(3)4)25-16-15-24(36(30,31)32)19-26(25)37(33,34)35/h7-16,26H,5-6,17-19H2,1-4H3,(H-,30,31,32,33,34,35)/p+1. The van der Waals surface area contributed by atoms with Crippen molar-refractivity contribution in [3.05, 3.63) is 82.3 Å². The van der Waals surface area contributed by atoms with Crippen LogP contribution in [0.2, 0.25) is 0 Å². The molecule has 0 aliphatic heterocycles. The molecule has 3 rings (SSSR count). The molecule has 37 heavy (non-hydrogen) atoms. The van der Waals surface area contributed by atoms with Gasteiger partial charge in [-0.1, -0.05) is 32.1 Å². The predicted octanol–water partition coefficient (Wildman–Crippen LogP) is 4.26. The summed E-state index contributed by atoms with van der Waals surface area (Å²) < 4.78 is 70.0. The van der Waals surface area contributed by atoms with Gasteiger partial charge in [0.25, 0.3) is 20.2 Å². The molecular formula is C27H35N2O6S2+. The summed E-state index contributed by atoms with van der Waals surface area (Å²) in [7, 11) is -5.50. The molecule has 1 aromatic carbocycles. The highest BCUT2D eigenvalue weighted by atomic mass is 32.2. The average molecular weight is 548 g/mol. The molecule has 0 saturated heterocycles. The summed E-state index contributed by atoms with van der Waals surface area (Å²) in [6.45, 7) is 6.07. The van der Waals surface area contributed by atoms with Gasteiger partial charge in [-0.25, -0.2) is 4.58 Å². The monoisotopic (exact) mass is 547 g/mol. The molecule has 0 bridgehead atoms. The Labute approximate surface area is 220 Å². The van der Waals surface area contributed by atoms with Crippen LogP contribution >= 0.6 is 0 Å². The van der Waals surface area contributed by atoms with Gasteiger partial charge in [0, 0.05) is 37.3 Å². The maximum atomic E-state index is 12.5. The number of rotatable bonds is 9. The highest BCUT2D eigenvalue weighted by molar-refractivity contribution is 7.90. The first-order valence-corrected chi connectivity index (χ1v) is 15.2. The van der Waals surface area contributed by atoms with E-state index in [9.17, 15) is 25.9 Å². The summed E-state index contributed by atoms with van der Waals surface area (Å²) in [5, 5.41) is -1.56. The Morgan fingerprint density at radius 3 is 1.95 bits per heavy atom. The first-order valence-electron chi connectivity index (χ1n) is 12.2. The predicted molar refractivity (Wildman–Crippen MR) is 149 cm³/mol. The van der Waals surface area contributed by atoms with Gasteiger partial charge in [0.15, 0.2) is 5.71 Å². The van der Waals surface area contributed by atoms with E-state index in [2.05, 4.69) is 18.7 Å². The summed E-state index contributed by atoms with van der Waals surface area (Å²) in [6, 6.07) is 7.79. The number of hydrogen-bond acceptors (Lipinski definition) is 5. The molecule has 0 fully saturated rings. The van der Waals surface area contributed by atoms with Crippen molar-refractivity contribution in [3.8, 4) is 0 Å². The molecule has 1 unspecified atom stereocenters. The summed E-state index contributed by atoms with van der Waals surface area (Å²) in [5.41, 5.74) is 4.23. The fourth-order valence-electron chi connectivity index (χ4n) is 4.53. The van der Waals surface area contributed by atoms with Crippen LogP contribution in [0.4, 0.5) is 5.69 Å². The van der Waals surface area contributed by atoms with E-state index >= 15 is 0 Å². The van der Waals surface area contributed by atoms with Crippen molar-refractivity contribution in [3.63, 3.8) is 0 Å². The van der Waals surface area contributed by atoms with E-state index in [0.717, 1.165) is 42.9 Å². The van der Waals surface area contributed by atoms with E-state index in [1.165, 1.54) is 12.2 Å². The third kappa shape index (κ3) is 6.95. The summed E-state index contributed by atoms with van der Waals surface area (Å²) in [6.07, 6.45) is 11.5. The van der Waals surface area contributed by atoms with Gasteiger partial charge in [0.2, 0.25) is 0 Å². The molecule has 2 aliphatic rings. The zero-order valence-corrected chi connectivity index (χ0v) is 23.3. The topological polar surface area (TPSA) is 115 Å².